The molecule has 0 aliphatic heterocycles. The highest BCUT2D eigenvalue weighted by Crippen LogP contribution is 2.26. The van der Waals surface area contributed by atoms with Gasteiger partial charge in [-0.3, -0.25) is 0 Å². The zero-order chi connectivity index (χ0) is 12.7. The van der Waals surface area contributed by atoms with Crippen molar-refractivity contribution in [1.82, 2.24) is 9.97 Å². The minimum atomic E-state index is -1.07. The van der Waals surface area contributed by atoms with Crippen LogP contribution in [0.1, 0.15) is 16.1 Å². The molecule has 86 valence electrons. The average Bonchev–Trinajstić information content (AvgIpc) is 2.75. The Hall–Kier alpha value is -2.87. The Morgan fingerprint density at radius 1 is 1.28 bits per heavy atom. The number of nitriles is 1. The highest BCUT2D eigenvalue weighted by atomic mass is 16.4. The molecule has 0 saturated heterocycles. The Morgan fingerprint density at radius 3 is 2.78 bits per heavy atom. The lowest BCUT2D eigenvalue weighted by Crippen LogP contribution is -1.98. The lowest BCUT2D eigenvalue weighted by Gasteiger charge is -1.94. The fourth-order valence-electron chi connectivity index (χ4n) is 1.99. The highest BCUT2D eigenvalue weighted by molar-refractivity contribution is 6.08. The van der Waals surface area contributed by atoms with Crippen molar-refractivity contribution in [3.63, 3.8) is 0 Å². The molecule has 18 heavy (non-hydrogen) atoms. The molecule has 1 aromatic carbocycles. The summed E-state index contributed by atoms with van der Waals surface area (Å²) in [6, 6.07) is 8.82. The summed E-state index contributed by atoms with van der Waals surface area (Å²) < 4.78 is 0. The number of hydrogen-bond donors (Lipinski definition) is 2. The van der Waals surface area contributed by atoms with E-state index >= 15 is 0 Å². The van der Waals surface area contributed by atoms with Crippen LogP contribution < -0.4 is 0 Å². The summed E-state index contributed by atoms with van der Waals surface area (Å²) in [5, 5.41) is 19.4. The number of fused-ring (bicyclic) bond motifs is 3. The maximum atomic E-state index is 10.9. The molecular formula is C13H7N3O2. The van der Waals surface area contributed by atoms with E-state index in [1.54, 1.807) is 18.2 Å². The van der Waals surface area contributed by atoms with Crippen LogP contribution in [0.5, 0.6) is 0 Å². The summed E-state index contributed by atoms with van der Waals surface area (Å²) >= 11 is 0. The molecule has 3 rings (SSSR count). The van der Waals surface area contributed by atoms with Crippen LogP contribution in [0.2, 0.25) is 0 Å². The van der Waals surface area contributed by atoms with Crippen LogP contribution in [-0.4, -0.2) is 21.0 Å². The van der Waals surface area contributed by atoms with Gasteiger partial charge in [0.25, 0.3) is 0 Å². The SMILES string of the molecule is N#Cc1ccc2[nH]c3cnc(C(=O)O)cc3c2c1. The van der Waals surface area contributed by atoms with E-state index in [0.717, 1.165) is 21.8 Å². The van der Waals surface area contributed by atoms with E-state index in [9.17, 15) is 4.79 Å². The van der Waals surface area contributed by atoms with Crippen molar-refractivity contribution in [2.24, 2.45) is 0 Å². The predicted octanol–water partition coefficient (Wildman–Crippen LogP) is 2.29. The number of benzene rings is 1. The molecule has 3 aromatic rings. The van der Waals surface area contributed by atoms with Crippen LogP contribution in [0.4, 0.5) is 0 Å². The Balaban J connectivity index is 2.42. The van der Waals surface area contributed by atoms with E-state index in [2.05, 4.69) is 16.0 Å². The zero-order valence-corrected chi connectivity index (χ0v) is 9.14. The van der Waals surface area contributed by atoms with Crippen molar-refractivity contribution < 1.29 is 9.90 Å². The number of carboxylic acids is 1. The maximum absolute atomic E-state index is 10.9. The fraction of sp³-hybridized carbons (Fsp3) is 0. The van der Waals surface area contributed by atoms with Crippen LogP contribution in [0.25, 0.3) is 21.8 Å². The number of carboxylic acid groups (broad SMARTS) is 1. The Bertz CT molecular complexity index is 827. The Morgan fingerprint density at radius 2 is 2.06 bits per heavy atom. The van der Waals surface area contributed by atoms with Gasteiger partial charge in [-0.2, -0.15) is 5.26 Å². The first-order chi connectivity index (χ1) is 8.69. The van der Waals surface area contributed by atoms with Gasteiger partial charge in [0.05, 0.1) is 23.3 Å². The lowest BCUT2D eigenvalue weighted by atomic mass is 10.1. The van der Waals surface area contributed by atoms with Gasteiger partial charge in [-0.25, -0.2) is 9.78 Å². The van der Waals surface area contributed by atoms with Crippen molar-refractivity contribution in [1.29, 1.82) is 5.26 Å². The van der Waals surface area contributed by atoms with E-state index in [1.165, 1.54) is 12.3 Å². The molecule has 0 bridgehead atoms. The number of nitrogens with one attached hydrogen (secondary N) is 1. The summed E-state index contributed by atoms with van der Waals surface area (Å²) in [4.78, 5) is 17.9. The number of nitrogens with zero attached hydrogens (tertiary/aromatic N) is 2. The molecule has 0 unspecified atom stereocenters. The summed E-state index contributed by atoms with van der Waals surface area (Å²) in [7, 11) is 0. The van der Waals surface area contributed by atoms with Gasteiger partial charge < -0.3 is 10.1 Å². The van der Waals surface area contributed by atoms with Crippen molar-refractivity contribution >= 4 is 27.8 Å². The Labute approximate surface area is 101 Å². The predicted molar refractivity (Wildman–Crippen MR) is 65.3 cm³/mol. The van der Waals surface area contributed by atoms with E-state index in [4.69, 9.17) is 10.4 Å². The van der Waals surface area contributed by atoms with Gasteiger partial charge in [-0.05, 0) is 24.3 Å². The van der Waals surface area contributed by atoms with Gasteiger partial charge in [-0.1, -0.05) is 0 Å². The molecule has 2 aromatic heterocycles. The minimum absolute atomic E-state index is 0.00855. The molecule has 0 saturated carbocycles. The van der Waals surface area contributed by atoms with Gasteiger partial charge in [-0.15, -0.1) is 0 Å². The first kappa shape index (κ1) is 10.3. The monoisotopic (exact) mass is 237 g/mol. The largest absolute Gasteiger partial charge is 0.477 e. The normalized spacial score (nSPS) is 10.6. The summed E-state index contributed by atoms with van der Waals surface area (Å²) in [6.07, 6.45) is 1.49. The molecule has 5 heteroatoms. The van der Waals surface area contributed by atoms with Crippen LogP contribution in [0.3, 0.4) is 0 Å². The van der Waals surface area contributed by atoms with E-state index in [-0.39, 0.29) is 5.69 Å². The molecule has 0 fully saturated rings. The van der Waals surface area contributed by atoms with Crippen LogP contribution in [0.15, 0.2) is 30.5 Å². The van der Waals surface area contributed by atoms with Crippen molar-refractivity contribution in [2.45, 2.75) is 0 Å². The number of H-pyrrole nitrogens is 1. The number of pyridine rings is 1. The van der Waals surface area contributed by atoms with Gasteiger partial charge >= 0.3 is 5.97 Å². The number of aromatic amines is 1. The molecule has 2 N–H and O–H groups in total. The van der Waals surface area contributed by atoms with Crippen molar-refractivity contribution in [2.75, 3.05) is 0 Å². The van der Waals surface area contributed by atoms with Crippen LogP contribution >= 0.6 is 0 Å². The molecule has 0 aliphatic rings. The number of aromatic nitrogens is 2. The standard InChI is InChI=1S/C13H7N3O2/c14-5-7-1-2-10-8(3-7)9-4-11(13(17)18)15-6-12(9)16-10/h1-4,6,16H,(H,17,18). The second-order valence-corrected chi connectivity index (χ2v) is 3.92. The van der Waals surface area contributed by atoms with E-state index < -0.39 is 5.97 Å². The molecule has 0 atom stereocenters. The average molecular weight is 237 g/mol. The first-order valence-corrected chi connectivity index (χ1v) is 5.24. The van der Waals surface area contributed by atoms with Crippen molar-refractivity contribution in [3.05, 3.63) is 41.7 Å². The smallest absolute Gasteiger partial charge is 0.354 e. The third kappa shape index (κ3) is 1.40. The topological polar surface area (TPSA) is 89.8 Å². The van der Waals surface area contributed by atoms with E-state index in [0.29, 0.717) is 5.56 Å². The summed E-state index contributed by atoms with van der Waals surface area (Å²) in [6.45, 7) is 0. The quantitative estimate of drug-likeness (QED) is 0.679. The lowest BCUT2D eigenvalue weighted by molar-refractivity contribution is 0.0691. The number of aromatic carboxylic acids is 1. The second-order valence-electron chi connectivity index (χ2n) is 3.92. The third-order valence-electron chi connectivity index (χ3n) is 2.83. The molecule has 0 spiro atoms. The number of hydrogen-bond acceptors (Lipinski definition) is 3. The molecule has 0 amide bonds. The van der Waals surface area contributed by atoms with Gasteiger partial charge in [0.2, 0.25) is 0 Å². The van der Waals surface area contributed by atoms with Crippen LogP contribution in [0, 0.1) is 11.3 Å². The molecule has 0 radical (unpaired) electrons. The number of rotatable bonds is 1. The molecule has 0 aliphatic carbocycles. The van der Waals surface area contributed by atoms with Gasteiger partial charge in [0.1, 0.15) is 5.69 Å². The minimum Gasteiger partial charge on any atom is -0.477 e. The summed E-state index contributed by atoms with van der Waals surface area (Å²) in [5.74, 6) is -1.07. The molecule has 5 nitrogen and oxygen atoms in total. The summed E-state index contributed by atoms with van der Waals surface area (Å²) in [5.41, 5.74) is 2.14. The Kier molecular flexibility index (Phi) is 2.04. The molecule has 2 heterocycles. The van der Waals surface area contributed by atoms with Gasteiger partial charge in [0.15, 0.2) is 0 Å². The zero-order valence-electron chi connectivity index (χ0n) is 9.14. The second kappa shape index (κ2) is 3.57. The number of carbonyl (C=O) groups is 1. The third-order valence-corrected chi connectivity index (χ3v) is 2.83. The highest BCUT2D eigenvalue weighted by Gasteiger charge is 2.10. The molecular weight excluding hydrogens is 230 g/mol. The van der Waals surface area contributed by atoms with Crippen LogP contribution in [-0.2, 0) is 0 Å². The maximum Gasteiger partial charge on any atom is 0.354 e. The van der Waals surface area contributed by atoms with Gasteiger partial charge in [0, 0.05) is 16.3 Å². The van der Waals surface area contributed by atoms with Crippen molar-refractivity contribution in [3.8, 4) is 6.07 Å². The first-order valence-electron chi connectivity index (χ1n) is 5.24. The van der Waals surface area contributed by atoms with E-state index in [1.807, 2.05) is 0 Å². The fourth-order valence-corrected chi connectivity index (χ4v) is 1.99.